The molecule has 11 heteroatoms. The Kier molecular flexibility index (Phi) is 5.66. The number of hydrogen-bond acceptors (Lipinski definition) is 8. The molecule has 2 aromatic carbocycles. The molecule has 10 nitrogen and oxygen atoms in total. The molecule has 4 N–H and O–H groups in total. The minimum atomic E-state index is -3.90. The van der Waals surface area contributed by atoms with E-state index in [2.05, 4.69) is 20.9 Å². The highest BCUT2D eigenvalue weighted by molar-refractivity contribution is 7.93. The molecule has 1 fully saturated rings. The van der Waals surface area contributed by atoms with Crippen molar-refractivity contribution in [1.82, 2.24) is 10.9 Å². The number of anilines is 2. The van der Waals surface area contributed by atoms with Crippen molar-refractivity contribution in [2.45, 2.75) is 5.37 Å². The number of rotatable bonds is 6. The van der Waals surface area contributed by atoms with Crippen LogP contribution in [-0.4, -0.2) is 46.6 Å². The quantitative estimate of drug-likeness (QED) is 0.528. The van der Waals surface area contributed by atoms with Crippen molar-refractivity contribution in [2.75, 3.05) is 36.9 Å². The smallest absolute Gasteiger partial charge is 0.250 e. The van der Waals surface area contributed by atoms with E-state index in [1.165, 1.54) is 7.11 Å². The van der Waals surface area contributed by atoms with Crippen LogP contribution in [0.2, 0.25) is 0 Å². The number of fused-ring (bicyclic) bond motifs is 1. The van der Waals surface area contributed by atoms with Crippen molar-refractivity contribution < 1.29 is 27.4 Å². The third-order valence-corrected chi connectivity index (χ3v) is 6.40. The summed E-state index contributed by atoms with van der Waals surface area (Å²) < 4.78 is 44.3. The number of nitrogens with one attached hydrogen (secondary N) is 4. The fourth-order valence-electron chi connectivity index (χ4n) is 3.24. The Morgan fingerprint density at radius 2 is 1.77 bits per heavy atom. The van der Waals surface area contributed by atoms with E-state index in [1.807, 2.05) is 0 Å². The Morgan fingerprint density at radius 3 is 2.50 bits per heavy atom. The zero-order chi connectivity index (χ0) is 21.1. The third-order valence-electron chi connectivity index (χ3n) is 4.76. The zero-order valence-electron chi connectivity index (χ0n) is 16.2. The number of methoxy groups -OCH3 is 1. The second kappa shape index (κ2) is 8.38. The van der Waals surface area contributed by atoms with Crippen LogP contribution in [0, 0.1) is 5.92 Å². The van der Waals surface area contributed by atoms with E-state index >= 15 is 0 Å². The summed E-state index contributed by atoms with van der Waals surface area (Å²) >= 11 is 0. The molecular formula is C19H22N4O6S. The minimum absolute atomic E-state index is 0.157. The number of ether oxygens (including phenoxy) is 3. The van der Waals surface area contributed by atoms with Gasteiger partial charge >= 0.3 is 0 Å². The van der Waals surface area contributed by atoms with Gasteiger partial charge in [0.2, 0.25) is 5.91 Å². The highest BCUT2D eigenvalue weighted by Gasteiger charge is 2.42. The number of carbonyl (C=O) groups excluding carboxylic acids is 1. The lowest BCUT2D eigenvalue weighted by Crippen LogP contribution is -2.45. The van der Waals surface area contributed by atoms with Crippen LogP contribution < -0.4 is 35.1 Å². The summed E-state index contributed by atoms with van der Waals surface area (Å²) in [6.45, 7) is 1.06. The van der Waals surface area contributed by atoms with Gasteiger partial charge in [0.25, 0.3) is 10.0 Å². The van der Waals surface area contributed by atoms with Crippen molar-refractivity contribution in [2.24, 2.45) is 5.92 Å². The van der Waals surface area contributed by atoms with E-state index in [0.717, 1.165) is 0 Å². The van der Waals surface area contributed by atoms with Gasteiger partial charge in [0.15, 0.2) is 16.9 Å². The number of hydrogen-bond donors (Lipinski definition) is 4. The molecule has 2 heterocycles. The van der Waals surface area contributed by atoms with Crippen LogP contribution in [0.15, 0.2) is 42.5 Å². The zero-order valence-corrected chi connectivity index (χ0v) is 17.0. The van der Waals surface area contributed by atoms with Crippen molar-refractivity contribution >= 4 is 27.3 Å². The molecule has 2 unspecified atom stereocenters. The Balaban J connectivity index is 1.46. The van der Waals surface area contributed by atoms with E-state index in [4.69, 9.17) is 14.2 Å². The summed E-state index contributed by atoms with van der Waals surface area (Å²) in [6.07, 6.45) is 0. The Morgan fingerprint density at radius 1 is 1.07 bits per heavy atom. The van der Waals surface area contributed by atoms with E-state index in [1.54, 1.807) is 42.5 Å². The topological polar surface area (TPSA) is 127 Å². The van der Waals surface area contributed by atoms with Gasteiger partial charge in [0.1, 0.15) is 19.0 Å². The maximum Gasteiger partial charge on any atom is 0.250 e. The molecule has 0 aromatic heterocycles. The normalized spacial score (nSPS) is 20.4. The van der Waals surface area contributed by atoms with Crippen LogP contribution in [0.4, 0.5) is 11.4 Å². The summed E-state index contributed by atoms with van der Waals surface area (Å²) in [6, 6.07) is 11.5. The second-order valence-electron chi connectivity index (χ2n) is 6.78. The van der Waals surface area contributed by atoms with Crippen molar-refractivity contribution in [3.8, 4) is 17.2 Å². The lowest BCUT2D eigenvalue weighted by atomic mass is 10.1. The summed E-state index contributed by atoms with van der Waals surface area (Å²) in [4.78, 5) is 12.8. The first-order valence-electron chi connectivity index (χ1n) is 9.31. The largest absolute Gasteiger partial charge is 0.497 e. The molecule has 0 saturated carbocycles. The molecule has 160 valence electrons. The van der Waals surface area contributed by atoms with Crippen molar-refractivity contribution in [3.63, 3.8) is 0 Å². The molecule has 0 aliphatic carbocycles. The average Bonchev–Trinajstić information content (AvgIpc) is 3.25. The van der Waals surface area contributed by atoms with Crippen molar-refractivity contribution in [1.29, 1.82) is 0 Å². The fraction of sp³-hybridized carbons (Fsp3) is 0.316. The predicted octanol–water partition coefficient (Wildman–Crippen LogP) is 0.897. The lowest BCUT2D eigenvalue weighted by molar-refractivity contribution is -0.119. The molecule has 2 aliphatic rings. The van der Waals surface area contributed by atoms with Gasteiger partial charge in [-0.05, 0) is 36.4 Å². The highest BCUT2D eigenvalue weighted by atomic mass is 32.2. The molecular weight excluding hydrogens is 412 g/mol. The average molecular weight is 434 g/mol. The third kappa shape index (κ3) is 4.27. The summed E-state index contributed by atoms with van der Waals surface area (Å²) in [5.41, 5.74) is 6.30. The first-order valence-corrected chi connectivity index (χ1v) is 10.9. The van der Waals surface area contributed by atoms with Crippen LogP contribution in [0.25, 0.3) is 0 Å². The Bertz CT molecular complexity index is 1030. The summed E-state index contributed by atoms with van der Waals surface area (Å²) in [5.74, 6) is 0.457. The molecule has 30 heavy (non-hydrogen) atoms. The van der Waals surface area contributed by atoms with Gasteiger partial charge in [0, 0.05) is 24.0 Å². The monoisotopic (exact) mass is 434 g/mol. The molecule has 0 radical (unpaired) electrons. The van der Waals surface area contributed by atoms with Gasteiger partial charge in [-0.25, -0.2) is 13.8 Å². The number of sulfonamides is 1. The van der Waals surface area contributed by atoms with E-state index in [-0.39, 0.29) is 6.54 Å². The van der Waals surface area contributed by atoms with Crippen LogP contribution >= 0.6 is 0 Å². The van der Waals surface area contributed by atoms with Crippen LogP contribution in [0.5, 0.6) is 17.2 Å². The molecule has 2 aromatic rings. The standard InChI is InChI=1S/C19H22N4O6S/c1-27-14-5-2-12(3-6-14)23-30(25,26)19-15(11-20-22-19)18(24)21-13-4-7-16-17(10-13)29-9-8-28-16/h2-7,10,15,19-20,22-23H,8-9,11H2,1H3,(H,21,24). The second-order valence-corrected chi connectivity index (χ2v) is 8.58. The predicted molar refractivity (Wildman–Crippen MR) is 110 cm³/mol. The lowest BCUT2D eigenvalue weighted by Gasteiger charge is -2.21. The van der Waals surface area contributed by atoms with E-state index in [9.17, 15) is 13.2 Å². The molecule has 0 spiro atoms. The first kappa shape index (κ1) is 20.3. The van der Waals surface area contributed by atoms with Gasteiger partial charge in [0.05, 0.1) is 13.0 Å². The number of amides is 1. The van der Waals surface area contributed by atoms with Crippen LogP contribution in [0.1, 0.15) is 0 Å². The van der Waals surface area contributed by atoms with Gasteiger partial charge in [-0.15, -0.1) is 0 Å². The molecule has 0 bridgehead atoms. The molecule has 2 aliphatic heterocycles. The van der Waals surface area contributed by atoms with Gasteiger partial charge < -0.3 is 19.5 Å². The number of carbonyl (C=O) groups is 1. The maximum atomic E-state index is 12.9. The fourth-order valence-corrected chi connectivity index (χ4v) is 4.73. The molecule has 1 amide bonds. The maximum absolute atomic E-state index is 12.9. The van der Waals surface area contributed by atoms with Crippen LogP contribution in [0.3, 0.4) is 0 Å². The molecule has 1 saturated heterocycles. The first-order chi connectivity index (χ1) is 14.5. The summed E-state index contributed by atoms with van der Waals surface area (Å²) in [7, 11) is -2.38. The van der Waals surface area contributed by atoms with Gasteiger partial charge in [-0.2, -0.15) is 0 Å². The number of hydrazine groups is 1. The van der Waals surface area contributed by atoms with Gasteiger partial charge in [-0.1, -0.05) is 0 Å². The van der Waals surface area contributed by atoms with E-state index < -0.39 is 27.2 Å². The van der Waals surface area contributed by atoms with Crippen molar-refractivity contribution in [3.05, 3.63) is 42.5 Å². The highest BCUT2D eigenvalue weighted by Crippen LogP contribution is 2.33. The molecule has 2 atom stereocenters. The van der Waals surface area contributed by atoms with Gasteiger partial charge in [-0.3, -0.25) is 14.9 Å². The minimum Gasteiger partial charge on any atom is -0.497 e. The number of benzene rings is 2. The Hall–Kier alpha value is -3.02. The summed E-state index contributed by atoms with van der Waals surface area (Å²) in [5, 5.41) is 1.60. The van der Waals surface area contributed by atoms with Crippen LogP contribution in [-0.2, 0) is 14.8 Å². The molecule has 4 rings (SSSR count). The Labute approximate surface area is 173 Å². The SMILES string of the molecule is COc1ccc(NS(=O)(=O)C2NNCC2C(=O)Nc2ccc3c(c2)OCCO3)cc1. The van der Waals surface area contributed by atoms with E-state index in [0.29, 0.717) is 41.8 Å².